The van der Waals surface area contributed by atoms with Crippen molar-refractivity contribution in [2.45, 2.75) is 59.3 Å². The van der Waals surface area contributed by atoms with Crippen LogP contribution in [0.3, 0.4) is 0 Å². The summed E-state index contributed by atoms with van der Waals surface area (Å²) in [6, 6.07) is 11.6. The first-order valence-electron chi connectivity index (χ1n) is 10.5. The molecule has 2 amide bonds. The van der Waals surface area contributed by atoms with Gasteiger partial charge in [0, 0.05) is 4.47 Å². The Bertz CT molecular complexity index is 975. The molecule has 7 heteroatoms. The largest absolute Gasteiger partial charge is 0.483 e. The fraction of sp³-hybridized carbons (Fsp3) is 0.440. The van der Waals surface area contributed by atoms with E-state index in [2.05, 4.69) is 74.4 Å². The molecular formula is C25H33BrN2O4. The molecule has 2 aromatic rings. The van der Waals surface area contributed by atoms with E-state index in [1.54, 1.807) is 6.07 Å². The van der Waals surface area contributed by atoms with E-state index in [-0.39, 0.29) is 24.0 Å². The Kier molecular flexibility index (Phi) is 8.35. The van der Waals surface area contributed by atoms with Gasteiger partial charge in [0.1, 0.15) is 11.5 Å². The lowest BCUT2D eigenvalue weighted by Crippen LogP contribution is -2.45. The van der Waals surface area contributed by atoms with Crippen molar-refractivity contribution >= 4 is 27.7 Å². The first kappa shape index (κ1) is 25.7. The fourth-order valence-corrected chi connectivity index (χ4v) is 3.46. The molecule has 6 nitrogen and oxygen atoms in total. The van der Waals surface area contributed by atoms with E-state index < -0.39 is 11.8 Å². The predicted octanol–water partition coefficient (Wildman–Crippen LogP) is 4.96. The lowest BCUT2D eigenvalue weighted by molar-refractivity contribution is -0.131. The molecule has 0 bridgehead atoms. The zero-order chi connectivity index (χ0) is 24.1. The number of carbonyl (C=O) groups excluding carboxylic acids is 2. The van der Waals surface area contributed by atoms with Crippen LogP contribution < -0.4 is 20.3 Å². The van der Waals surface area contributed by atoms with Gasteiger partial charge in [-0.25, -0.2) is 0 Å². The summed E-state index contributed by atoms with van der Waals surface area (Å²) in [4.78, 5) is 24.2. The number of nitrogens with one attached hydrogen (secondary N) is 2. The molecule has 174 valence electrons. The van der Waals surface area contributed by atoms with Crippen molar-refractivity contribution < 1.29 is 19.1 Å². The van der Waals surface area contributed by atoms with Crippen LogP contribution in [0.2, 0.25) is 0 Å². The molecule has 0 aliphatic carbocycles. The van der Waals surface area contributed by atoms with E-state index in [4.69, 9.17) is 9.47 Å². The third kappa shape index (κ3) is 7.55. The van der Waals surface area contributed by atoms with Crippen molar-refractivity contribution in [3.8, 4) is 11.5 Å². The third-order valence-corrected chi connectivity index (χ3v) is 5.34. The summed E-state index contributed by atoms with van der Waals surface area (Å²) >= 11 is 3.38. The zero-order valence-electron chi connectivity index (χ0n) is 19.9. The number of hydrogen-bond donors (Lipinski definition) is 2. The Morgan fingerprint density at radius 1 is 0.812 bits per heavy atom. The first-order chi connectivity index (χ1) is 14.8. The standard InChI is InChI=1S/C25H33BrN2O4/c1-16-12-18(26)9-11-20(16)31-14-22(29)27-28-23(30)15-32-21-10-8-17(24(2,3)4)13-19(21)25(5,6)7/h8-13H,14-15H2,1-7H3,(H,27,29)(H,28,30). The minimum absolute atomic E-state index is 0.0110. The maximum absolute atomic E-state index is 12.2. The first-order valence-corrected chi connectivity index (χ1v) is 11.3. The van der Waals surface area contributed by atoms with Gasteiger partial charge in [0.15, 0.2) is 13.2 Å². The molecule has 2 N–H and O–H groups in total. The summed E-state index contributed by atoms with van der Waals surface area (Å²) in [5.41, 5.74) is 7.69. The van der Waals surface area contributed by atoms with Gasteiger partial charge in [0.2, 0.25) is 0 Å². The van der Waals surface area contributed by atoms with Gasteiger partial charge in [-0.2, -0.15) is 0 Å². The smallest absolute Gasteiger partial charge is 0.276 e. The molecule has 2 rings (SSSR count). The molecule has 0 atom stereocenters. The maximum atomic E-state index is 12.2. The third-order valence-electron chi connectivity index (χ3n) is 4.85. The highest BCUT2D eigenvalue weighted by molar-refractivity contribution is 9.10. The van der Waals surface area contributed by atoms with Crippen LogP contribution in [0.1, 0.15) is 58.2 Å². The van der Waals surface area contributed by atoms with Crippen LogP contribution >= 0.6 is 15.9 Å². The van der Waals surface area contributed by atoms with Gasteiger partial charge in [-0.15, -0.1) is 0 Å². The molecule has 0 saturated heterocycles. The average Bonchev–Trinajstić information content (AvgIpc) is 2.68. The van der Waals surface area contributed by atoms with Crippen LogP contribution in [0, 0.1) is 6.92 Å². The minimum Gasteiger partial charge on any atom is -0.483 e. The van der Waals surface area contributed by atoms with Crippen LogP contribution in [-0.4, -0.2) is 25.0 Å². The van der Waals surface area contributed by atoms with Crippen LogP contribution in [-0.2, 0) is 20.4 Å². The van der Waals surface area contributed by atoms with E-state index in [0.29, 0.717) is 11.5 Å². The van der Waals surface area contributed by atoms with Crippen molar-refractivity contribution in [3.63, 3.8) is 0 Å². The Morgan fingerprint density at radius 2 is 1.34 bits per heavy atom. The van der Waals surface area contributed by atoms with Crippen LogP contribution in [0.5, 0.6) is 11.5 Å². The Balaban J connectivity index is 1.89. The number of hydrazine groups is 1. The lowest BCUT2D eigenvalue weighted by Gasteiger charge is -2.27. The summed E-state index contributed by atoms with van der Waals surface area (Å²) in [5, 5.41) is 0. The van der Waals surface area contributed by atoms with Gasteiger partial charge < -0.3 is 9.47 Å². The summed E-state index contributed by atoms with van der Waals surface area (Å²) in [6.07, 6.45) is 0. The van der Waals surface area contributed by atoms with Crippen LogP contribution in [0.15, 0.2) is 40.9 Å². The molecule has 0 aliphatic rings. The van der Waals surface area contributed by atoms with Gasteiger partial charge in [-0.05, 0) is 58.7 Å². The fourth-order valence-electron chi connectivity index (χ4n) is 2.98. The average molecular weight is 505 g/mol. The molecular weight excluding hydrogens is 472 g/mol. The quantitative estimate of drug-likeness (QED) is 0.545. The molecule has 32 heavy (non-hydrogen) atoms. The molecule has 0 aromatic heterocycles. The monoisotopic (exact) mass is 504 g/mol. The number of ether oxygens (including phenoxy) is 2. The maximum Gasteiger partial charge on any atom is 0.276 e. The van der Waals surface area contributed by atoms with E-state index in [1.165, 1.54) is 5.56 Å². The number of aryl methyl sites for hydroxylation is 1. The van der Waals surface area contributed by atoms with Crippen molar-refractivity contribution in [1.29, 1.82) is 0 Å². The molecule has 0 fully saturated rings. The zero-order valence-corrected chi connectivity index (χ0v) is 21.5. The summed E-state index contributed by atoms with van der Waals surface area (Å²) in [6.45, 7) is 14.3. The second-order valence-corrected chi connectivity index (χ2v) is 10.7. The van der Waals surface area contributed by atoms with Gasteiger partial charge in [0.05, 0.1) is 0 Å². The lowest BCUT2D eigenvalue weighted by atomic mass is 9.80. The molecule has 2 aromatic carbocycles. The second-order valence-electron chi connectivity index (χ2n) is 9.79. The van der Waals surface area contributed by atoms with Crippen LogP contribution in [0.25, 0.3) is 0 Å². The van der Waals surface area contributed by atoms with Crippen molar-refractivity contribution in [3.05, 3.63) is 57.6 Å². The van der Waals surface area contributed by atoms with Crippen LogP contribution in [0.4, 0.5) is 0 Å². The number of hydrogen-bond acceptors (Lipinski definition) is 4. The minimum atomic E-state index is -0.467. The van der Waals surface area contributed by atoms with Gasteiger partial charge >= 0.3 is 0 Å². The number of benzene rings is 2. The highest BCUT2D eigenvalue weighted by Gasteiger charge is 2.23. The second kappa shape index (κ2) is 10.4. The predicted molar refractivity (Wildman–Crippen MR) is 130 cm³/mol. The molecule has 0 radical (unpaired) electrons. The van der Waals surface area contributed by atoms with E-state index in [1.807, 2.05) is 31.2 Å². The Labute approximate surface area is 199 Å². The van der Waals surface area contributed by atoms with Crippen molar-refractivity contribution in [2.75, 3.05) is 13.2 Å². The number of carbonyl (C=O) groups is 2. The van der Waals surface area contributed by atoms with E-state index >= 15 is 0 Å². The summed E-state index contributed by atoms with van der Waals surface area (Å²) < 4.78 is 12.2. The van der Waals surface area contributed by atoms with Crippen molar-refractivity contribution in [1.82, 2.24) is 10.9 Å². The Hall–Kier alpha value is -2.54. The highest BCUT2D eigenvalue weighted by Crippen LogP contribution is 2.35. The highest BCUT2D eigenvalue weighted by atomic mass is 79.9. The van der Waals surface area contributed by atoms with E-state index in [0.717, 1.165) is 15.6 Å². The molecule has 0 saturated carbocycles. The Morgan fingerprint density at radius 3 is 1.84 bits per heavy atom. The molecule has 0 heterocycles. The normalized spacial score (nSPS) is 11.6. The topological polar surface area (TPSA) is 76.7 Å². The van der Waals surface area contributed by atoms with Gasteiger partial charge in [-0.3, -0.25) is 20.4 Å². The van der Waals surface area contributed by atoms with Crippen molar-refractivity contribution in [2.24, 2.45) is 0 Å². The molecule has 0 spiro atoms. The van der Waals surface area contributed by atoms with Gasteiger partial charge in [0.25, 0.3) is 11.8 Å². The van der Waals surface area contributed by atoms with Gasteiger partial charge in [-0.1, -0.05) is 69.6 Å². The SMILES string of the molecule is Cc1cc(Br)ccc1OCC(=O)NNC(=O)COc1ccc(C(C)(C)C)cc1C(C)(C)C. The summed E-state index contributed by atoms with van der Waals surface area (Å²) in [7, 11) is 0. The molecule has 0 unspecified atom stereocenters. The summed E-state index contributed by atoms with van der Waals surface area (Å²) in [5.74, 6) is 0.330. The number of rotatable bonds is 6. The number of halogens is 1. The molecule has 0 aliphatic heterocycles. The van der Waals surface area contributed by atoms with E-state index in [9.17, 15) is 9.59 Å². The number of amides is 2.